The molecule has 1 atom stereocenters. The molecule has 150 valence electrons. The smallest absolute Gasteiger partial charge is 0.271 e. The van der Waals surface area contributed by atoms with Crippen LogP contribution in [0, 0.1) is 24.0 Å². The molecule has 0 fully saturated rings. The second kappa shape index (κ2) is 8.15. The lowest BCUT2D eigenvalue weighted by atomic mass is 10.1. The molecule has 0 bridgehead atoms. The highest BCUT2D eigenvalue weighted by molar-refractivity contribution is 7.92. The van der Waals surface area contributed by atoms with Gasteiger partial charge in [-0.2, -0.15) is 0 Å². The summed E-state index contributed by atoms with van der Waals surface area (Å²) < 4.78 is 25.7. The van der Waals surface area contributed by atoms with Gasteiger partial charge in [0.2, 0.25) is 15.9 Å². The number of nitrogens with zero attached hydrogens (tertiary/aromatic N) is 2. The Balaban J connectivity index is 2.43. The van der Waals surface area contributed by atoms with Crippen LogP contribution < -0.4 is 9.62 Å². The van der Waals surface area contributed by atoms with Crippen molar-refractivity contribution in [1.29, 1.82) is 0 Å². The molecule has 8 nitrogen and oxygen atoms in total. The number of benzene rings is 2. The molecule has 0 spiro atoms. The number of halogens is 1. The second-order valence-corrected chi connectivity index (χ2v) is 8.68. The van der Waals surface area contributed by atoms with Crippen molar-refractivity contribution in [2.24, 2.45) is 0 Å². The Labute approximate surface area is 168 Å². The number of nitro groups is 1. The maximum Gasteiger partial charge on any atom is 0.271 e. The quantitative estimate of drug-likeness (QED) is 0.561. The Morgan fingerprint density at radius 3 is 2.32 bits per heavy atom. The van der Waals surface area contributed by atoms with E-state index >= 15 is 0 Å². The Bertz CT molecular complexity index is 1040. The second-order valence-electron chi connectivity index (χ2n) is 6.42. The van der Waals surface area contributed by atoms with E-state index in [9.17, 15) is 23.3 Å². The van der Waals surface area contributed by atoms with Gasteiger partial charge in [-0.15, -0.1) is 0 Å². The first kappa shape index (κ1) is 21.6. The largest absolute Gasteiger partial charge is 0.324 e. The van der Waals surface area contributed by atoms with Gasteiger partial charge >= 0.3 is 0 Å². The van der Waals surface area contributed by atoms with Gasteiger partial charge < -0.3 is 5.32 Å². The van der Waals surface area contributed by atoms with E-state index < -0.39 is 26.9 Å². The van der Waals surface area contributed by atoms with Crippen molar-refractivity contribution in [2.75, 3.05) is 15.9 Å². The predicted molar refractivity (Wildman–Crippen MR) is 109 cm³/mol. The first-order valence-electron chi connectivity index (χ1n) is 8.23. The van der Waals surface area contributed by atoms with Gasteiger partial charge in [0, 0.05) is 22.8 Å². The summed E-state index contributed by atoms with van der Waals surface area (Å²) >= 11 is 6.05. The number of non-ortho nitro benzene ring substituents is 1. The fraction of sp³-hybridized carbons (Fsp3) is 0.278. The molecule has 0 saturated carbocycles. The summed E-state index contributed by atoms with van der Waals surface area (Å²) in [5.41, 5.74) is 1.52. The van der Waals surface area contributed by atoms with E-state index in [1.807, 2.05) is 6.92 Å². The summed E-state index contributed by atoms with van der Waals surface area (Å²) in [5.74, 6) is -0.601. The van der Waals surface area contributed by atoms with E-state index in [1.165, 1.54) is 19.1 Å². The molecule has 0 aliphatic carbocycles. The van der Waals surface area contributed by atoms with E-state index in [2.05, 4.69) is 5.32 Å². The van der Waals surface area contributed by atoms with Gasteiger partial charge in [-0.1, -0.05) is 23.7 Å². The third-order valence-electron chi connectivity index (χ3n) is 4.17. The van der Waals surface area contributed by atoms with Crippen molar-refractivity contribution in [3.8, 4) is 0 Å². The topological polar surface area (TPSA) is 110 Å². The van der Waals surface area contributed by atoms with Gasteiger partial charge in [0.1, 0.15) is 6.04 Å². The van der Waals surface area contributed by atoms with Gasteiger partial charge in [-0.3, -0.25) is 19.2 Å². The van der Waals surface area contributed by atoms with Crippen molar-refractivity contribution in [3.05, 3.63) is 62.7 Å². The number of aryl methyl sites for hydroxylation is 2. The Morgan fingerprint density at radius 1 is 1.18 bits per heavy atom. The standard InChI is InChI=1S/C18H20ClN3O5S/c1-11-5-7-14(9-16(11)19)20-18(23)13(3)21(28(4,26)27)17-10-15(22(24)25)8-6-12(17)2/h5-10,13H,1-4H3,(H,20,23)/t13-/m0/s1. The molecule has 1 amide bonds. The number of nitro benzene ring substituents is 1. The molecular formula is C18H20ClN3O5S. The molecule has 0 heterocycles. The van der Waals surface area contributed by atoms with Crippen LogP contribution in [0.25, 0.3) is 0 Å². The predicted octanol–water partition coefficient (Wildman–Crippen LogP) is 3.66. The van der Waals surface area contributed by atoms with Crippen molar-refractivity contribution in [2.45, 2.75) is 26.8 Å². The molecule has 0 aliphatic rings. The zero-order chi connectivity index (χ0) is 21.2. The van der Waals surface area contributed by atoms with Crippen LogP contribution in [0.4, 0.5) is 17.1 Å². The Kier molecular flexibility index (Phi) is 6.30. The van der Waals surface area contributed by atoms with E-state index in [-0.39, 0.29) is 11.4 Å². The maximum absolute atomic E-state index is 12.7. The lowest BCUT2D eigenvalue weighted by Gasteiger charge is -2.29. The Hall–Kier alpha value is -2.65. The van der Waals surface area contributed by atoms with Gasteiger partial charge in [0.25, 0.3) is 5.69 Å². The third kappa shape index (κ3) is 4.79. The van der Waals surface area contributed by atoms with Gasteiger partial charge in [0.15, 0.2) is 0 Å². The minimum atomic E-state index is -3.91. The molecule has 2 aromatic carbocycles. The molecule has 0 aliphatic heterocycles. The molecule has 10 heteroatoms. The number of anilines is 2. The summed E-state index contributed by atoms with van der Waals surface area (Å²) in [5, 5.41) is 14.2. The zero-order valence-electron chi connectivity index (χ0n) is 15.8. The molecule has 0 radical (unpaired) electrons. The fourth-order valence-electron chi connectivity index (χ4n) is 2.65. The molecule has 1 N–H and O–H groups in total. The minimum absolute atomic E-state index is 0.0706. The van der Waals surface area contributed by atoms with Crippen LogP contribution in [0.1, 0.15) is 18.1 Å². The number of nitrogens with one attached hydrogen (secondary N) is 1. The molecule has 2 rings (SSSR count). The highest BCUT2D eigenvalue weighted by atomic mass is 35.5. The van der Waals surface area contributed by atoms with Gasteiger partial charge in [0.05, 0.1) is 16.9 Å². The van der Waals surface area contributed by atoms with Crippen LogP contribution in [0.15, 0.2) is 36.4 Å². The van der Waals surface area contributed by atoms with Crippen LogP contribution in [0.2, 0.25) is 5.02 Å². The maximum atomic E-state index is 12.7. The SMILES string of the molecule is Cc1ccc(NC(=O)[C@H](C)N(c2cc([N+](=O)[O-])ccc2C)S(C)(=O)=O)cc1Cl. The van der Waals surface area contributed by atoms with Crippen molar-refractivity contribution >= 4 is 44.6 Å². The number of hydrogen-bond acceptors (Lipinski definition) is 5. The average Bonchev–Trinajstić information content (AvgIpc) is 2.58. The molecule has 0 unspecified atom stereocenters. The molecule has 0 saturated heterocycles. The van der Waals surface area contributed by atoms with E-state index in [0.29, 0.717) is 16.3 Å². The number of hydrogen-bond donors (Lipinski definition) is 1. The van der Waals surface area contributed by atoms with Gasteiger partial charge in [-0.05, 0) is 44.0 Å². The third-order valence-corrected chi connectivity index (χ3v) is 5.80. The van der Waals surface area contributed by atoms with Crippen LogP contribution in [-0.2, 0) is 14.8 Å². The normalized spacial score (nSPS) is 12.3. The molecule has 2 aromatic rings. The van der Waals surface area contributed by atoms with Crippen molar-refractivity contribution in [1.82, 2.24) is 0 Å². The number of carbonyl (C=O) groups excluding carboxylic acids is 1. The number of amides is 1. The summed E-state index contributed by atoms with van der Waals surface area (Å²) in [6.45, 7) is 4.83. The lowest BCUT2D eigenvalue weighted by molar-refractivity contribution is -0.384. The summed E-state index contributed by atoms with van der Waals surface area (Å²) in [6.07, 6.45) is 0.942. The Morgan fingerprint density at radius 2 is 1.79 bits per heavy atom. The summed E-state index contributed by atoms with van der Waals surface area (Å²) in [7, 11) is -3.91. The van der Waals surface area contributed by atoms with Crippen LogP contribution in [0.3, 0.4) is 0 Å². The lowest BCUT2D eigenvalue weighted by Crippen LogP contribution is -2.45. The first-order valence-corrected chi connectivity index (χ1v) is 10.5. The molecule has 0 aromatic heterocycles. The first-order chi connectivity index (χ1) is 12.9. The number of sulfonamides is 1. The molecular weight excluding hydrogens is 406 g/mol. The van der Waals surface area contributed by atoms with Crippen LogP contribution >= 0.6 is 11.6 Å². The summed E-state index contributed by atoms with van der Waals surface area (Å²) in [6, 6.07) is 7.63. The van der Waals surface area contributed by atoms with Crippen molar-refractivity contribution < 1.29 is 18.1 Å². The monoisotopic (exact) mass is 425 g/mol. The van der Waals surface area contributed by atoms with Crippen LogP contribution in [-0.4, -0.2) is 31.5 Å². The number of carbonyl (C=O) groups is 1. The van der Waals surface area contributed by atoms with E-state index in [0.717, 1.165) is 22.2 Å². The van der Waals surface area contributed by atoms with Crippen molar-refractivity contribution in [3.63, 3.8) is 0 Å². The highest BCUT2D eigenvalue weighted by Crippen LogP contribution is 2.29. The van der Waals surface area contributed by atoms with E-state index in [4.69, 9.17) is 11.6 Å². The van der Waals surface area contributed by atoms with Crippen LogP contribution in [0.5, 0.6) is 0 Å². The number of rotatable bonds is 6. The fourth-order valence-corrected chi connectivity index (χ4v) is 4.05. The minimum Gasteiger partial charge on any atom is -0.324 e. The van der Waals surface area contributed by atoms with Gasteiger partial charge in [-0.25, -0.2) is 8.42 Å². The zero-order valence-corrected chi connectivity index (χ0v) is 17.3. The average molecular weight is 426 g/mol. The summed E-state index contributed by atoms with van der Waals surface area (Å²) in [4.78, 5) is 23.2. The van der Waals surface area contributed by atoms with E-state index in [1.54, 1.807) is 25.1 Å². The molecule has 28 heavy (non-hydrogen) atoms. The highest BCUT2D eigenvalue weighted by Gasteiger charge is 2.31.